The van der Waals surface area contributed by atoms with E-state index in [4.69, 9.17) is 32.7 Å². The molecule has 0 bridgehead atoms. The van der Waals surface area contributed by atoms with Crippen LogP contribution < -0.4 is 9.47 Å². The van der Waals surface area contributed by atoms with Crippen LogP contribution in [-0.2, 0) is 16.0 Å². The highest BCUT2D eigenvalue weighted by atomic mass is 35.5. The van der Waals surface area contributed by atoms with Gasteiger partial charge < -0.3 is 9.47 Å². The summed E-state index contributed by atoms with van der Waals surface area (Å²) in [6, 6.07) is 12.0. The molecule has 0 amide bonds. The van der Waals surface area contributed by atoms with Gasteiger partial charge in [0.15, 0.2) is 5.75 Å². The van der Waals surface area contributed by atoms with E-state index in [-0.39, 0.29) is 28.6 Å². The van der Waals surface area contributed by atoms with Crippen molar-refractivity contribution in [2.75, 3.05) is 0 Å². The van der Waals surface area contributed by atoms with Crippen molar-refractivity contribution in [2.24, 2.45) is 0 Å². The Labute approximate surface area is 150 Å². The molecule has 0 heterocycles. The molecule has 2 aromatic rings. The third kappa shape index (κ3) is 4.98. The lowest BCUT2D eigenvalue weighted by atomic mass is 10.1. The highest BCUT2D eigenvalue weighted by Crippen LogP contribution is 2.31. The molecule has 6 heteroatoms. The third-order valence-electron chi connectivity index (χ3n) is 3.25. The summed E-state index contributed by atoms with van der Waals surface area (Å²) in [5.74, 6) is -0.403. The highest BCUT2D eigenvalue weighted by Gasteiger charge is 2.14. The van der Waals surface area contributed by atoms with Gasteiger partial charge in [-0.2, -0.15) is 0 Å². The summed E-state index contributed by atoms with van der Waals surface area (Å²) >= 11 is 11.8. The van der Waals surface area contributed by atoms with E-state index in [9.17, 15) is 9.59 Å². The summed E-state index contributed by atoms with van der Waals surface area (Å²) < 4.78 is 10.4. The molecule has 0 saturated carbocycles. The molecule has 0 atom stereocenters. The van der Waals surface area contributed by atoms with Crippen LogP contribution in [0.15, 0.2) is 42.5 Å². The molecule has 0 aromatic heterocycles. The molecular formula is C18H16Cl2O4. The predicted molar refractivity (Wildman–Crippen MR) is 92.8 cm³/mol. The second-order valence-corrected chi connectivity index (χ2v) is 5.75. The van der Waals surface area contributed by atoms with E-state index < -0.39 is 11.9 Å². The Morgan fingerprint density at radius 1 is 0.875 bits per heavy atom. The highest BCUT2D eigenvalue weighted by molar-refractivity contribution is 6.43. The predicted octanol–water partition coefficient (Wildman–Crippen LogP) is 4.85. The first kappa shape index (κ1) is 18.3. The van der Waals surface area contributed by atoms with Crippen LogP contribution in [0.25, 0.3) is 0 Å². The Kier molecular flexibility index (Phi) is 6.64. The van der Waals surface area contributed by atoms with Crippen LogP contribution in [0.5, 0.6) is 11.5 Å². The van der Waals surface area contributed by atoms with E-state index in [1.54, 1.807) is 24.3 Å². The fourth-order valence-corrected chi connectivity index (χ4v) is 2.34. The first-order valence-corrected chi connectivity index (χ1v) is 8.20. The Morgan fingerprint density at radius 3 is 2.12 bits per heavy atom. The van der Waals surface area contributed by atoms with E-state index in [1.807, 2.05) is 19.1 Å². The van der Waals surface area contributed by atoms with Gasteiger partial charge >= 0.3 is 11.9 Å². The van der Waals surface area contributed by atoms with E-state index in [1.165, 1.54) is 6.07 Å². The third-order valence-corrected chi connectivity index (χ3v) is 4.05. The van der Waals surface area contributed by atoms with Crippen molar-refractivity contribution in [2.45, 2.75) is 26.2 Å². The number of carbonyl (C=O) groups is 2. The van der Waals surface area contributed by atoms with Gasteiger partial charge in [-0.3, -0.25) is 9.59 Å². The molecule has 0 radical (unpaired) electrons. The zero-order valence-corrected chi connectivity index (χ0v) is 14.6. The molecule has 0 saturated heterocycles. The lowest BCUT2D eigenvalue weighted by molar-refractivity contribution is -0.140. The van der Waals surface area contributed by atoms with Crippen LogP contribution in [0.2, 0.25) is 10.0 Å². The standard InChI is InChI=1S/C18H16Cl2O4/c1-2-12-6-3-4-8-14(12)23-16(21)10-11-17(22)24-15-9-5-7-13(19)18(15)20/h3-9H,2,10-11H2,1H3. The van der Waals surface area contributed by atoms with Crippen LogP contribution in [-0.4, -0.2) is 11.9 Å². The zero-order valence-electron chi connectivity index (χ0n) is 13.1. The quantitative estimate of drug-likeness (QED) is 0.541. The number of carbonyl (C=O) groups excluding carboxylic acids is 2. The van der Waals surface area contributed by atoms with Gasteiger partial charge in [0.05, 0.1) is 17.9 Å². The fraction of sp³-hybridized carbons (Fsp3) is 0.222. The summed E-state index contributed by atoms with van der Waals surface area (Å²) in [5.41, 5.74) is 0.930. The number of para-hydroxylation sites is 1. The fourth-order valence-electron chi connectivity index (χ4n) is 2.01. The second kappa shape index (κ2) is 8.71. The first-order chi connectivity index (χ1) is 11.5. The zero-order chi connectivity index (χ0) is 17.5. The summed E-state index contributed by atoms with van der Waals surface area (Å²) in [5, 5.41) is 0.449. The van der Waals surface area contributed by atoms with Crippen LogP contribution in [0.3, 0.4) is 0 Å². The van der Waals surface area contributed by atoms with E-state index in [0.29, 0.717) is 5.75 Å². The number of hydrogen-bond acceptors (Lipinski definition) is 4. The van der Waals surface area contributed by atoms with Crippen molar-refractivity contribution in [3.63, 3.8) is 0 Å². The van der Waals surface area contributed by atoms with Gasteiger partial charge in [-0.05, 0) is 30.2 Å². The summed E-state index contributed by atoms with van der Waals surface area (Å²) in [7, 11) is 0. The van der Waals surface area contributed by atoms with Gasteiger partial charge in [0.2, 0.25) is 0 Å². The molecule has 0 N–H and O–H groups in total. The lowest BCUT2D eigenvalue weighted by Crippen LogP contribution is -2.14. The molecule has 0 unspecified atom stereocenters. The maximum Gasteiger partial charge on any atom is 0.311 e. The molecule has 0 fully saturated rings. The van der Waals surface area contributed by atoms with Gasteiger partial charge in [0.25, 0.3) is 0 Å². The van der Waals surface area contributed by atoms with Crippen LogP contribution in [0, 0.1) is 0 Å². The maximum atomic E-state index is 11.9. The summed E-state index contributed by atoms with van der Waals surface area (Å²) in [6.45, 7) is 1.97. The molecule has 2 rings (SSSR count). The van der Waals surface area contributed by atoms with Crippen LogP contribution in [0.1, 0.15) is 25.3 Å². The molecule has 0 aliphatic heterocycles. The van der Waals surface area contributed by atoms with Crippen molar-refractivity contribution >= 4 is 35.1 Å². The Morgan fingerprint density at radius 2 is 1.46 bits per heavy atom. The average molecular weight is 367 g/mol. The van der Waals surface area contributed by atoms with Crippen molar-refractivity contribution in [3.8, 4) is 11.5 Å². The monoisotopic (exact) mass is 366 g/mol. The van der Waals surface area contributed by atoms with Crippen molar-refractivity contribution < 1.29 is 19.1 Å². The number of esters is 2. The molecule has 126 valence electrons. The van der Waals surface area contributed by atoms with E-state index >= 15 is 0 Å². The minimum absolute atomic E-state index is 0.0882. The van der Waals surface area contributed by atoms with Gasteiger partial charge in [-0.25, -0.2) is 0 Å². The first-order valence-electron chi connectivity index (χ1n) is 7.44. The average Bonchev–Trinajstić information content (AvgIpc) is 2.58. The maximum absolute atomic E-state index is 11.9. The van der Waals surface area contributed by atoms with Gasteiger partial charge in [0.1, 0.15) is 10.8 Å². The van der Waals surface area contributed by atoms with Crippen molar-refractivity contribution in [1.29, 1.82) is 0 Å². The molecule has 24 heavy (non-hydrogen) atoms. The number of benzene rings is 2. The number of hydrogen-bond donors (Lipinski definition) is 0. The Hall–Kier alpha value is -2.04. The topological polar surface area (TPSA) is 52.6 Å². The largest absolute Gasteiger partial charge is 0.426 e. The number of rotatable bonds is 6. The Balaban J connectivity index is 1.87. The van der Waals surface area contributed by atoms with Crippen LogP contribution in [0.4, 0.5) is 0 Å². The van der Waals surface area contributed by atoms with Gasteiger partial charge in [-0.1, -0.05) is 54.4 Å². The number of aryl methyl sites for hydroxylation is 1. The molecular weight excluding hydrogens is 351 g/mol. The summed E-state index contributed by atoms with van der Waals surface area (Å²) in [6.07, 6.45) is 0.545. The van der Waals surface area contributed by atoms with Gasteiger partial charge in [0, 0.05) is 0 Å². The second-order valence-electron chi connectivity index (χ2n) is 4.96. The number of ether oxygens (including phenoxy) is 2. The Bertz CT molecular complexity index is 744. The van der Waals surface area contributed by atoms with Crippen molar-refractivity contribution in [1.82, 2.24) is 0 Å². The molecule has 0 aliphatic rings. The number of halogens is 2. The lowest BCUT2D eigenvalue weighted by Gasteiger charge is -2.09. The van der Waals surface area contributed by atoms with Crippen molar-refractivity contribution in [3.05, 3.63) is 58.1 Å². The molecule has 0 spiro atoms. The minimum atomic E-state index is -0.583. The van der Waals surface area contributed by atoms with Gasteiger partial charge in [-0.15, -0.1) is 0 Å². The summed E-state index contributed by atoms with van der Waals surface area (Å²) in [4.78, 5) is 23.7. The van der Waals surface area contributed by atoms with E-state index in [2.05, 4.69) is 0 Å². The molecule has 4 nitrogen and oxygen atoms in total. The van der Waals surface area contributed by atoms with E-state index in [0.717, 1.165) is 12.0 Å². The SMILES string of the molecule is CCc1ccccc1OC(=O)CCC(=O)Oc1cccc(Cl)c1Cl. The molecule has 0 aliphatic carbocycles. The van der Waals surface area contributed by atoms with Crippen LogP contribution >= 0.6 is 23.2 Å². The minimum Gasteiger partial charge on any atom is -0.426 e. The smallest absolute Gasteiger partial charge is 0.311 e. The normalized spacial score (nSPS) is 10.3. The molecule has 2 aromatic carbocycles.